The first-order valence-electron chi connectivity index (χ1n) is 14.6. The van der Waals surface area contributed by atoms with Gasteiger partial charge in [-0.2, -0.15) is 0 Å². The van der Waals surface area contributed by atoms with Crippen LogP contribution in [0, 0.1) is 0 Å². The van der Waals surface area contributed by atoms with E-state index in [2.05, 4.69) is 33.0 Å². The van der Waals surface area contributed by atoms with Gasteiger partial charge in [-0.25, -0.2) is 14.6 Å². The third-order valence-corrected chi connectivity index (χ3v) is 7.61. The van der Waals surface area contributed by atoms with Crippen molar-refractivity contribution >= 4 is 17.8 Å². The van der Waals surface area contributed by atoms with E-state index in [1.807, 2.05) is 30.3 Å². The zero-order valence-corrected chi connectivity index (χ0v) is 23.2. The maximum absolute atomic E-state index is 12.4. The normalized spacial score (nSPS) is 18.9. The Hall–Kier alpha value is -3.37. The van der Waals surface area contributed by atoms with E-state index in [9.17, 15) is 19.8 Å². The number of para-hydroxylation sites is 1. The highest BCUT2D eigenvalue weighted by Gasteiger charge is 2.26. The Morgan fingerprint density at radius 3 is 2.73 bits per heavy atom. The maximum atomic E-state index is 12.4. The second-order valence-electron chi connectivity index (χ2n) is 10.8. The van der Waals surface area contributed by atoms with Gasteiger partial charge in [-0.3, -0.25) is 4.90 Å². The number of pyridine rings is 1. The molecule has 2 heterocycles. The van der Waals surface area contributed by atoms with Gasteiger partial charge in [0.2, 0.25) is 0 Å². The van der Waals surface area contributed by atoms with Crippen molar-refractivity contribution in [2.45, 2.75) is 76.0 Å². The highest BCUT2D eigenvalue weighted by Crippen LogP contribution is 2.21. The number of aliphatic hydroxyl groups excluding tert-OH is 1. The minimum atomic E-state index is -1.06. The van der Waals surface area contributed by atoms with Gasteiger partial charge in [0.15, 0.2) is 0 Å². The zero-order valence-electron chi connectivity index (χ0n) is 23.2. The van der Waals surface area contributed by atoms with Crippen molar-refractivity contribution in [1.82, 2.24) is 20.5 Å². The number of hydrogen-bond acceptors (Lipinski definition) is 7. The Bertz CT molecular complexity index is 1090. The van der Waals surface area contributed by atoms with Gasteiger partial charge in [0, 0.05) is 31.4 Å². The molecule has 1 aliphatic heterocycles. The second-order valence-corrected chi connectivity index (χ2v) is 10.8. The van der Waals surface area contributed by atoms with Crippen LogP contribution in [-0.4, -0.2) is 83.1 Å². The minimum Gasteiger partial charge on any atom is -0.492 e. The average molecular weight is 554 g/mol. The number of nitrogens with zero attached hydrogens (tertiary/aromatic N) is 2. The lowest BCUT2D eigenvalue weighted by molar-refractivity contribution is -0.139. The lowest BCUT2D eigenvalue weighted by Gasteiger charge is -2.25. The predicted molar refractivity (Wildman–Crippen MR) is 154 cm³/mol. The summed E-state index contributed by atoms with van der Waals surface area (Å²) in [5.74, 6) is 0.756. The molecular formula is C30H43N5O5. The number of carbonyl (C=O) groups is 2. The Morgan fingerprint density at radius 1 is 1.10 bits per heavy atom. The number of hydrogen-bond donors (Lipinski definition) is 5. The molecule has 1 aromatic carbocycles. The fourth-order valence-electron chi connectivity index (χ4n) is 5.34. The molecule has 3 atom stereocenters. The van der Waals surface area contributed by atoms with Crippen molar-refractivity contribution in [1.29, 1.82) is 0 Å². The van der Waals surface area contributed by atoms with E-state index in [1.54, 1.807) is 0 Å². The first kappa shape index (κ1) is 29.6. The summed E-state index contributed by atoms with van der Waals surface area (Å²) in [5.41, 5.74) is 2.37. The molecule has 1 aliphatic carbocycles. The molecule has 1 saturated carbocycles. The second kappa shape index (κ2) is 15.4. The molecule has 2 aliphatic rings. The molecule has 0 radical (unpaired) electrons. The molecule has 0 spiro atoms. The summed E-state index contributed by atoms with van der Waals surface area (Å²) in [6.45, 7) is 3.41. The number of fused-ring (bicyclic) bond motifs is 1. The lowest BCUT2D eigenvalue weighted by atomic mass is 10.1. The molecule has 218 valence electrons. The molecule has 10 heteroatoms. The molecule has 2 aromatic rings. The largest absolute Gasteiger partial charge is 0.492 e. The Balaban J connectivity index is 1.25. The van der Waals surface area contributed by atoms with Gasteiger partial charge in [-0.15, -0.1) is 0 Å². The minimum absolute atomic E-state index is 0.128. The van der Waals surface area contributed by atoms with Crippen LogP contribution in [0.2, 0.25) is 0 Å². The van der Waals surface area contributed by atoms with E-state index >= 15 is 0 Å². The molecule has 1 fully saturated rings. The summed E-state index contributed by atoms with van der Waals surface area (Å²) >= 11 is 0. The highest BCUT2D eigenvalue weighted by molar-refractivity contribution is 5.82. The first-order chi connectivity index (χ1) is 19.5. The SMILES string of the molecule is O=C(N[C@@H]1CC[C@H](O)C1)N[C@@H](CCN(CCCCc1ccc2c(n1)NCCC2)CCOc1ccccc1)C(=O)O. The number of carbonyl (C=O) groups excluding carboxylic acids is 1. The van der Waals surface area contributed by atoms with Crippen molar-refractivity contribution in [3.05, 3.63) is 53.7 Å². The van der Waals surface area contributed by atoms with Gasteiger partial charge in [0.05, 0.1) is 6.10 Å². The molecule has 0 bridgehead atoms. The summed E-state index contributed by atoms with van der Waals surface area (Å²) in [6.07, 6.45) is 6.72. The Morgan fingerprint density at radius 2 is 1.95 bits per heavy atom. The van der Waals surface area contributed by atoms with Crippen molar-refractivity contribution in [2.24, 2.45) is 0 Å². The molecule has 5 N–H and O–H groups in total. The van der Waals surface area contributed by atoms with E-state index in [0.717, 1.165) is 62.5 Å². The van der Waals surface area contributed by atoms with Gasteiger partial charge in [-0.1, -0.05) is 24.3 Å². The van der Waals surface area contributed by atoms with Gasteiger partial charge in [-0.05, 0) is 88.1 Å². The number of ether oxygens (including phenoxy) is 1. The van der Waals surface area contributed by atoms with Gasteiger partial charge >= 0.3 is 12.0 Å². The van der Waals surface area contributed by atoms with Crippen molar-refractivity contribution in [3.63, 3.8) is 0 Å². The number of rotatable bonds is 15. The smallest absolute Gasteiger partial charge is 0.326 e. The number of urea groups is 1. The van der Waals surface area contributed by atoms with Crippen LogP contribution in [0.4, 0.5) is 10.6 Å². The topological polar surface area (TPSA) is 136 Å². The van der Waals surface area contributed by atoms with E-state index in [-0.39, 0.29) is 12.5 Å². The number of carboxylic acid groups (broad SMARTS) is 1. The summed E-state index contributed by atoms with van der Waals surface area (Å²) in [5, 5.41) is 28.2. The molecular weight excluding hydrogens is 510 g/mol. The van der Waals surface area contributed by atoms with Crippen LogP contribution < -0.4 is 20.7 Å². The third kappa shape index (κ3) is 9.67. The van der Waals surface area contributed by atoms with Gasteiger partial charge < -0.3 is 30.9 Å². The van der Waals surface area contributed by atoms with E-state index < -0.39 is 24.1 Å². The monoisotopic (exact) mass is 553 g/mol. The Labute approximate surface area is 236 Å². The van der Waals surface area contributed by atoms with Crippen LogP contribution in [0.15, 0.2) is 42.5 Å². The third-order valence-electron chi connectivity index (χ3n) is 7.61. The lowest BCUT2D eigenvalue weighted by Crippen LogP contribution is -2.49. The standard InChI is InChI=1S/C30H43N5O5/c36-25-14-13-24(21-25)33-30(39)34-27(29(37)38)15-18-35(19-20-40-26-9-2-1-3-10-26)17-5-4-8-23-12-11-22-7-6-16-31-28(22)32-23/h1-3,9-12,24-25,27,36H,4-8,13-21H2,(H,31,32)(H,37,38)(H2,33,34,39)/t24-,25+,27+/m1/s1. The number of aliphatic hydroxyl groups is 1. The molecule has 1 aromatic heterocycles. The van der Waals surface area contributed by atoms with Crippen molar-refractivity contribution in [2.75, 3.05) is 38.1 Å². The molecule has 2 amide bonds. The molecule has 40 heavy (non-hydrogen) atoms. The van der Waals surface area contributed by atoms with Crippen molar-refractivity contribution < 1.29 is 24.5 Å². The van der Waals surface area contributed by atoms with Gasteiger partial charge in [0.25, 0.3) is 0 Å². The highest BCUT2D eigenvalue weighted by atomic mass is 16.5. The van der Waals surface area contributed by atoms with Crippen LogP contribution in [-0.2, 0) is 17.6 Å². The molecule has 0 unspecified atom stereocenters. The van der Waals surface area contributed by atoms with Crippen LogP contribution in [0.3, 0.4) is 0 Å². The summed E-state index contributed by atoms with van der Waals surface area (Å²) < 4.78 is 5.89. The number of carboxylic acids is 1. The fraction of sp³-hybridized carbons (Fsp3) is 0.567. The quantitative estimate of drug-likeness (QED) is 0.212. The summed E-state index contributed by atoms with van der Waals surface area (Å²) in [4.78, 5) is 31.3. The number of benzene rings is 1. The maximum Gasteiger partial charge on any atom is 0.326 e. The van der Waals surface area contributed by atoms with Gasteiger partial charge in [0.1, 0.15) is 24.2 Å². The number of aliphatic carboxylic acids is 1. The van der Waals surface area contributed by atoms with Crippen LogP contribution >= 0.6 is 0 Å². The Kier molecular flexibility index (Phi) is 11.4. The fourth-order valence-corrected chi connectivity index (χ4v) is 5.34. The molecule has 10 nitrogen and oxygen atoms in total. The number of anilines is 1. The summed E-state index contributed by atoms with van der Waals surface area (Å²) in [6, 6.07) is 12.3. The number of nitrogens with one attached hydrogen (secondary N) is 3. The molecule has 4 rings (SSSR count). The first-order valence-corrected chi connectivity index (χ1v) is 14.6. The van der Waals surface area contributed by atoms with Crippen LogP contribution in [0.1, 0.15) is 56.2 Å². The number of aryl methyl sites for hydroxylation is 2. The van der Waals surface area contributed by atoms with E-state index in [0.29, 0.717) is 39.0 Å². The predicted octanol–water partition coefficient (Wildman–Crippen LogP) is 3.20. The summed E-state index contributed by atoms with van der Waals surface area (Å²) in [7, 11) is 0. The zero-order chi connectivity index (χ0) is 28.2. The number of amides is 2. The van der Waals surface area contributed by atoms with Crippen LogP contribution in [0.25, 0.3) is 0 Å². The number of aromatic nitrogens is 1. The number of unbranched alkanes of at least 4 members (excludes halogenated alkanes) is 1. The molecule has 0 saturated heterocycles. The average Bonchev–Trinajstić information content (AvgIpc) is 3.37. The van der Waals surface area contributed by atoms with E-state index in [1.165, 1.54) is 5.56 Å². The van der Waals surface area contributed by atoms with Crippen LogP contribution in [0.5, 0.6) is 5.75 Å². The van der Waals surface area contributed by atoms with E-state index in [4.69, 9.17) is 9.72 Å². The van der Waals surface area contributed by atoms with Crippen molar-refractivity contribution in [3.8, 4) is 5.75 Å².